The van der Waals surface area contributed by atoms with Crippen molar-refractivity contribution in [3.63, 3.8) is 0 Å². The number of nitrogens with zero attached hydrogens (tertiary/aromatic N) is 4. The lowest BCUT2D eigenvalue weighted by atomic mass is 10.2. The second-order valence-electron chi connectivity index (χ2n) is 6.23. The van der Waals surface area contributed by atoms with Gasteiger partial charge in [-0.2, -0.15) is 0 Å². The summed E-state index contributed by atoms with van der Waals surface area (Å²) in [5.74, 6) is 1.70. The summed E-state index contributed by atoms with van der Waals surface area (Å²) in [6, 6.07) is 13.8. The highest BCUT2D eigenvalue weighted by molar-refractivity contribution is 7.99. The van der Waals surface area contributed by atoms with Crippen LogP contribution < -0.4 is 0 Å². The summed E-state index contributed by atoms with van der Waals surface area (Å²) < 4.78 is 7.21. The molecular weight excluding hydrogens is 348 g/mol. The van der Waals surface area contributed by atoms with Crippen LogP contribution in [0.5, 0.6) is 0 Å². The first-order valence-corrected chi connectivity index (χ1v) is 9.44. The predicted molar refractivity (Wildman–Crippen MR) is 102 cm³/mol. The van der Waals surface area contributed by atoms with Crippen LogP contribution in [0.1, 0.15) is 19.4 Å². The van der Waals surface area contributed by atoms with E-state index in [2.05, 4.69) is 10.2 Å². The van der Waals surface area contributed by atoms with Crippen molar-refractivity contribution < 1.29 is 9.21 Å². The van der Waals surface area contributed by atoms with Crippen molar-refractivity contribution in [2.75, 3.05) is 5.75 Å². The Morgan fingerprint density at radius 3 is 2.62 bits per heavy atom. The number of hydrogen-bond donors (Lipinski definition) is 0. The summed E-state index contributed by atoms with van der Waals surface area (Å²) in [6.07, 6.45) is 1.60. The van der Waals surface area contributed by atoms with E-state index in [9.17, 15) is 4.79 Å². The lowest BCUT2D eigenvalue weighted by Gasteiger charge is -2.26. The zero-order chi connectivity index (χ0) is 18.5. The number of carbonyl (C=O) groups excluding carboxylic acids is 1. The quantitative estimate of drug-likeness (QED) is 0.595. The zero-order valence-electron chi connectivity index (χ0n) is 15.1. The molecule has 0 aliphatic carbocycles. The van der Waals surface area contributed by atoms with Crippen molar-refractivity contribution in [3.05, 3.63) is 54.3 Å². The third-order valence-corrected chi connectivity index (χ3v) is 5.05. The van der Waals surface area contributed by atoms with E-state index in [1.54, 1.807) is 6.26 Å². The lowest BCUT2D eigenvalue weighted by Crippen LogP contribution is -2.37. The van der Waals surface area contributed by atoms with Crippen LogP contribution in [0.25, 0.3) is 11.6 Å². The molecule has 6 nitrogen and oxygen atoms in total. The normalized spacial score (nSPS) is 11.1. The van der Waals surface area contributed by atoms with Crippen molar-refractivity contribution >= 4 is 17.7 Å². The maximum Gasteiger partial charge on any atom is 0.233 e. The Morgan fingerprint density at radius 1 is 1.19 bits per heavy atom. The number of amides is 1. The smallest absolute Gasteiger partial charge is 0.233 e. The van der Waals surface area contributed by atoms with Crippen LogP contribution in [-0.2, 0) is 18.4 Å². The molecule has 0 unspecified atom stereocenters. The number of hydrogen-bond acceptors (Lipinski definition) is 5. The Kier molecular flexibility index (Phi) is 5.78. The average Bonchev–Trinajstić information content (AvgIpc) is 3.28. The maximum absolute atomic E-state index is 12.7. The SMILES string of the molecule is CC(C)N(Cc1ccccc1)C(=O)CSc1nnc(-c2ccco2)n1C. The Hall–Kier alpha value is -2.54. The molecular formula is C19H22N4O2S. The minimum absolute atomic E-state index is 0.0800. The van der Waals surface area contributed by atoms with Gasteiger partial charge < -0.3 is 13.9 Å². The van der Waals surface area contributed by atoms with E-state index < -0.39 is 0 Å². The Bertz CT molecular complexity index is 844. The summed E-state index contributed by atoms with van der Waals surface area (Å²) in [6.45, 7) is 4.67. The number of aromatic nitrogens is 3. The molecule has 3 aromatic rings. The van der Waals surface area contributed by atoms with E-state index in [1.807, 2.05) is 72.8 Å². The first kappa shape index (κ1) is 18.3. The van der Waals surface area contributed by atoms with Crippen molar-refractivity contribution in [2.24, 2.45) is 7.05 Å². The second kappa shape index (κ2) is 8.23. The predicted octanol–water partition coefficient (Wildman–Crippen LogP) is 3.60. The Labute approximate surface area is 157 Å². The summed E-state index contributed by atoms with van der Waals surface area (Å²) in [7, 11) is 1.87. The third kappa shape index (κ3) is 4.16. The van der Waals surface area contributed by atoms with Gasteiger partial charge in [0.05, 0.1) is 12.0 Å². The topological polar surface area (TPSA) is 64.2 Å². The van der Waals surface area contributed by atoms with E-state index in [1.165, 1.54) is 11.8 Å². The van der Waals surface area contributed by atoms with Crippen LogP contribution in [0.15, 0.2) is 58.3 Å². The molecule has 1 amide bonds. The molecule has 0 saturated carbocycles. The first-order chi connectivity index (χ1) is 12.6. The van der Waals surface area contributed by atoms with Gasteiger partial charge in [-0.1, -0.05) is 42.1 Å². The minimum Gasteiger partial charge on any atom is -0.461 e. The van der Waals surface area contributed by atoms with E-state index in [0.29, 0.717) is 29.0 Å². The molecule has 2 heterocycles. The fourth-order valence-electron chi connectivity index (χ4n) is 2.61. The van der Waals surface area contributed by atoms with Gasteiger partial charge in [0.15, 0.2) is 16.7 Å². The van der Waals surface area contributed by atoms with Gasteiger partial charge in [-0.25, -0.2) is 0 Å². The van der Waals surface area contributed by atoms with E-state index >= 15 is 0 Å². The Morgan fingerprint density at radius 2 is 1.96 bits per heavy atom. The summed E-state index contributed by atoms with van der Waals surface area (Å²) in [5.41, 5.74) is 1.12. The van der Waals surface area contributed by atoms with Crippen molar-refractivity contribution in [1.29, 1.82) is 0 Å². The summed E-state index contributed by atoms with van der Waals surface area (Å²) in [4.78, 5) is 14.6. The van der Waals surface area contributed by atoms with Crippen LogP contribution in [0.3, 0.4) is 0 Å². The van der Waals surface area contributed by atoms with Crippen LogP contribution in [-0.4, -0.2) is 37.4 Å². The highest BCUT2D eigenvalue weighted by atomic mass is 32.2. The molecule has 0 spiro atoms. The lowest BCUT2D eigenvalue weighted by molar-refractivity contribution is -0.130. The molecule has 0 atom stereocenters. The molecule has 7 heteroatoms. The van der Waals surface area contributed by atoms with Crippen molar-refractivity contribution in [2.45, 2.75) is 31.6 Å². The van der Waals surface area contributed by atoms with Crippen LogP contribution in [0.2, 0.25) is 0 Å². The highest BCUT2D eigenvalue weighted by Gasteiger charge is 2.20. The van der Waals surface area contributed by atoms with Gasteiger partial charge >= 0.3 is 0 Å². The molecule has 2 aromatic heterocycles. The standard InChI is InChI=1S/C19H22N4O2S/c1-14(2)23(12-15-8-5-4-6-9-15)17(24)13-26-19-21-20-18(22(19)3)16-10-7-11-25-16/h4-11,14H,12-13H2,1-3H3. The van der Waals surface area contributed by atoms with Crippen molar-refractivity contribution in [3.8, 4) is 11.6 Å². The van der Waals surface area contributed by atoms with Crippen molar-refractivity contribution in [1.82, 2.24) is 19.7 Å². The molecule has 0 fully saturated rings. The summed E-state index contributed by atoms with van der Waals surface area (Å²) >= 11 is 1.39. The zero-order valence-corrected chi connectivity index (χ0v) is 15.9. The number of thioether (sulfide) groups is 1. The maximum atomic E-state index is 12.7. The summed E-state index contributed by atoms with van der Waals surface area (Å²) in [5, 5.41) is 9.02. The fourth-order valence-corrected chi connectivity index (χ4v) is 3.41. The molecule has 0 saturated heterocycles. The van der Waals surface area contributed by atoms with Crippen LogP contribution in [0.4, 0.5) is 0 Å². The van der Waals surface area contributed by atoms with E-state index in [4.69, 9.17) is 4.42 Å². The van der Waals surface area contributed by atoms with E-state index in [0.717, 1.165) is 5.56 Å². The van der Waals surface area contributed by atoms with Gasteiger partial charge in [0.2, 0.25) is 5.91 Å². The highest BCUT2D eigenvalue weighted by Crippen LogP contribution is 2.23. The molecule has 0 aliphatic rings. The number of furan rings is 1. The third-order valence-electron chi connectivity index (χ3n) is 4.04. The molecule has 0 N–H and O–H groups in total. The molecule has 0 bridgehead atoms. The fraction of sp³-hybridized carbons (Fsp3) is 0.316. The van der Waals surface area contributed by atoms with Gasteiger partial charge in [-0.3, -0.25) is 4.79 Å². The van der Waals surface area contributed by atoms with E-state index in [-0.39, 0.29) is 11.9 Å². The molecule has 26 heavy (non-hydrogen) atoms. The monoisotopic (exact) mass is 370 g/mol. The number of rotatable bonds is 7. The Balaban J connectivity index is 1.65. The first-order valence-electron chi connectivity index (χ1n) is 8.45. The van der Waals surface area contributed by atoms with Gasteiger partial charge in [0.25, 0.3) is 0 Å². The molecule has 0 radical (unpaired) electrons. The van der Waals surface area contributed by atoms with Gasteiger partial charge in [-0.05, 0) is 31.5 Å². The minimum atomic E-state index is 0.0800. The molecule has 3 rings (SSSR count). The van der Waals surface area contributed by atoms with Gasteiger partial charge in [0, 0.05) is 19.6 Å². The largest absolute Gasteiger partial charge is 0.461 e. The van der Waals surface area contributed by atoms with Crippen LogP contribution >= 0.6 is 11.8 Å². The van der Waals surface area contributed by atoms with Gasteiger partial charge in [0.1, 0.15) is 0 Å². The molecule has 1 aromatic carbocycles. The van der Waals surface area contributed by atoms with Crippen LogP contribution in [0, 0.1) is 0 Å². The molecule has 0 aliphatic heterocycles. The second-order valence-corrected chi connectivity index (χ2v) is 7.17. The number of carbonyl (C=O) groups is 1. The number of benzene rings is 1. The molecule has 136 valence electrons. The average molecular weight is 370 g/mol. The van der Waals surface area contributed by atoms with Gasteiger partial charge in [-0.15, -0.1) is 10.2 Å².